The van der Waals surface area contributed by atoms with E-state index >= 15 is 0 Å². The molecule has 2 heterocycles. The predicted octanol–water partition coefficient (Wildman–Crippen LogP) is 0.316. The number of hydrogen-bond donors (Lipinski definition) is 1. The van der Waals surface area contributed by atoms with Crippen LogP contribution in [-0.4, -0.2) is 41.9 Å². The lowest BCUT2D eigenvalue weighted by atomic mass is 10.1. The lowest BCUT2D eigenvalue weighted by Gasteiger charge is -2.15. The summed E-state index contributed by atoms with van der Waals surface area (Å²) in [5, 5.41) is 8.15. The molecule has 1 aromatic rings. The molecular weight excluding hydrogens is 263 g/mol. The van der Waals surface area contributed by atoms with Gasteiger partial charge in [-0.25, -0.2) is 17.8 Å². The highest BCUT2D eigenvalue weighted by atomic mass is 32.2. The van der Waals surface area contributed by atoms with E-state index in [1.54, 1.807) is 0 Å². The average molecular weight is 274 g/mol. The van der Waals surface area contributed by atoms with Crippen molar-refractivity contribution in [2.75, 3.05) is 13.1 Å². The molecule has 1 aliphatic rings. The maximum absolute atomic E-state index is 13.4. The summed E-state index contributed by atoms with van der Waals surface area (Å²) in [6.07, 6.45) is 1.41. The normalized spacial score (nSPS) is 21.1. The Bertz CT molecular complexity index is 575. The number of sulfonamides is 1. The van der Waals surface area contributed by atoms with Crippen molar-refractivity contribution in [2.45, 2.75) is 11.4 Å². The van der Waals surface area contributed by atoms with Crippen LogP contribution in [0.5, 0.6) is 0 Å². The molecule has 8 heteroatoms. The molecule has 0 radical (unpaired) electrons. The molecule has 1 fully saturated rings. The fraction of sp³-hybridized carbons (Fsp3) is 0.400. The number of carbonyl (C=O) groups is 1. The second-order valence-corrected chi connectivity index (χ2v) is 5.83. The Hall–Kier alpha value is -1.54. The molecule has 0 amide bonds. The van der Waals surface area contributed by atoms with E-state index in [0.29, 0.717) is 0 Å². The molecule has 2 rings (SSSR count). The maximum atomic E-state index is 13.4. The van der Waals surface area contributed by atoms with Gasteiger partial charge in [0.15, 0.2) is 5.82 Å². The predicted molar refractivity (Wildman–Crippen MR) is 58.7 cm³/mol. The lowest BCUT2D eigenvalue weighted by Crippen LogP contribution is -2.31. The Morgan fingerprint density at radius 1 is 1.56 bits per heavy atom. The number of carboxylic acids is 1. The zero-order valence-electron chi connectivity index (χ0n) is 9.28. The van der Waals surface area contributed by atoms with E-state index in [1.165, 1.54) is 12.3 Å². The summed E-state index contributed by atoms with van der Waals surface area (Å²) < 4.78 is 38.5. The number of nitrogens with zero attached hydrogens (tertiary/aromatic N) is 2. The Labute approximate surface area is 103 Å². The van der Waals surface area contributed by atoms with Gasteiger partial charge in [0.1, 0.15) is 0 Å². The zero-order chi connectivity index (χ0) is 13.3. The lowest BCUT2D eigenvalue weighted by molar-refractivity contribution is -0.141. The Morgan fingerprint density at radius 2 is 2.28 bits per heavy atom. The minimum Gasteiger partial charge on any atom is -0.481 e. The first kappa shape index (κ1) is 12.9. The van der Waals surface area contributed by atoms with E-state index in [-0.39, 0.29) is 19.5 Å². The molecule has 0 aliphatic carbocycles. The molecule has 1 unspecified atom stereocenters. The van der Waals surface area contributed by atoms with Gasteiger partial charge in [0.05, 0.1) is 5.92 Å². The Kier molecular flexibility index (Phi) is 3.31. The van der Waals surface area contributed by atoms with Crippen molar-refractivity contribution < 1.29 is 22.7 Å². The van der Waals surface area contributed by atoms with E-state index in [2.05, 4.69) is 4.98 Å². The molecule has 0 spiro atoms. The van der Waals surface area contributed by atoms with Gasteiger partial charge in [-0.2, -0.15) is 4.31 Å². The first-order chi connectivity index (χ1) is 8.43. The van der Waals surface area contributed by atoms with E-state index < -0.39 is 32.8 Å². The third-order valence-electron chi connectivity index (χ3n) is 2.81. The van der Waals surface area contributed by atoms with Crippen LogP contribution in [0.15, 0.2) is 23.4 Å². The molecule has 6 nitrogen and oxygen atoms in total. The summed E-state index contributed by atoms with van der Waals surface area (Å²) >= 11 is 0. The van der Waals surface area contributed by atoms with Crippen molar-refractivity contribution >= 4 is 16.0 Å². The summed E-state index contributed by atoms with van der Waals surface area (Å²) in [5.74, 6) is -2.72. The molecule has 98 valence electrons. The first-order valence-electron chi connectivity index (χ1n) is 5.26. The molecule has 0 aromatic carbocycles. The monoisotopic (exact) mass is 274 g/mol. The van der Waals surface area contributed by atoms with Crippen LogP contribution in [0.2, 0.25) is 0 Å². The summed E-state index contributed by atoms with van der Waals surface area (Å²) in [6, 6.07) is 2.29. The van der Waals surface area contributed by atoms with Crippen LogP contribution in [0.3, 0.4) is 0 Å². The number of aromatic nitrogens is 1. The van der Waals surface area contributed by atoms with Gasteiger partial charge in [-0.3, -0.25) is 4.79 Å². The van der Waals surface area contributed by atoms with Crippen LogP contribution >= 0.6 is 0 Å². The van der Waals surface area contributed by atoms with Crippen molar-refractivity contribution in [1.82, 2.24) is 9.29 Å². The van der Waals surface area contributed by atoms with E-state index in [4.69, 9.17) is 5.11 Å². The molecule has 18 heavy (non-hydrogen) atoms. The molecule has 1 aromatic heterocycles. The highest BCUT2D eigenvalue weighted by Gasteiger charge is 2.37. The number of halogens is 1. The number of pyridine rings is 1. The zero-order valence-corrected chi connectivity index (χ0v) is 10.1. The highest BCUT2D eigenvalue weighted by molar-refractivity contribution is 7.89. The second-order valence-electron chi connectivity index (χ2n) is 3.98. The summed E-state index contributed by atoms with van der Waals surface area (Å²) in [6.45, 7) is -0.0804. The van der Waals surface area contributed by atoms with E-state index in [1.807, 2.05) is 0 Å². The van der Waals surface area contributed by atoms with Crippen molar-refractivity contribution in [1.29, 1.82) is 0 Å². The first-order valence-corrected chi connectivity index (χ1v) is 6.70. The summed E-state index contributed by atoms with van der Waals surface area (Å²) in [7, 11) is -4.05. The van der Waals surface area contributed by atoms with Gasteiger partial charge in [-0.15, -0.1) is 0 Å². The highest BCUT2D eigenvalue weighted by Crippen LogP contribution is 2.24. The smallest absolute Gasteiger partial charge is 0.307 e. The largest absolute Gasteiger partial charge is 0.481 e. The SMILES string of the molecule is O=C(O)C1CCN(S(=O)(=O)c2ncccc2F)C1. The Balaban J connectivity index is 2.29. The number of hydrogen-bond acceptors (Lipinski definition) is 4. The van der Waals surface area contributed by atoms with Gasteiger partial charge in [0.2, 0.25) is 5.03 Å². The van der Waals surface area contributed by atoms with Gasteiger partial charge in [-0.05, 0) is 18.6 Å². The maximum Gasteiger partial charge on any atom is 0.307 e. The molecular formula is C10H11FN2O4S. The number of aliphatic carboxylic acids is 1. The van der Waals surface area contributed by atoms with Gasteiger partial charge >= 0.3 is 5.97 Å². The van der Waals surface area contributed by atoms with E-state index in [0.717, 1.165) is 10.4 Å². The van der Waals surface area contributed by atoms with Crippen LogP contribution in [0.25, 0.3) is 0 Å². The molecule has 0 saturated carbocycles. The molecule has 1 saturated heterocycles. The molecule has 1 N–H and O–H groups in total. The van der Waals surface area contributed by atoms with Crippen LogP contribution in [0.4, 0.5) is 4.39 Å². The fourth-order valence-corrected chi connectivity index (χ4v) is 3.31. The molecule has 1 aliphatic heterocycles. The van der Waals surface area contributed by atoms with Gasteiger partial charge in [0.25, 0.3) is 10.0 Å². The van der Waals surface area contributed by atoms with Crippen LogP contribution in [0.1, 0.15) is 6.42 Å². The standard InChI is InChI=1S/C10H11FN2O4S/c11-8-2-1-4-12-9(8)18(16,17)13-5-3-7(6-13)10(14)15/h1-2,4,7H,3,5-6H2,(H,14,15). The van der Waals surface area contributed by atoms with Gasteiger partial charge < -0.3 is 5.11 Å². The van der Waals surface area contributed by atoms with Crippen LogP contribution in [-0.2, 0) is 14.8 Å². The minimum atomic E-state index is -4.05. The minimum absolute atomic E-state index is 0.0648. The average Bonchev–Trinajstić information content (AvgIpc) is 2.79. The summed E-state index contributed by atoms with van der Waals surface area (Å²) in [5.41, 5.74) is 0. The number of rotatable bonds is 3. The van der Waals surface area contributed by atoms with Crippen LogP contribution in [0, 0.1) is 11.7 Å². The van der Waals surface area contributed by atoms with E-state index in [9.17, 15) is 17.6 Å². The van der Waals surface area contributed by atoms with Crippen LogP contribution < -0.4 is 0 Å². The summed E-state index contributed by atoms with van der Waals surface area (Å²) in [4.78, 5) is 14.3. The van der Waals surface area contributed by atoms with Crippen molar-refractivity contribution in [3.05, 3.63) is 24.1 Å². The van der Waals surface area contributed by atoms with Crippen molar-refractivity contribution in [3.63, 3.8) is 0 Å². The topological polar surface area (TPSA) is 87.6 Å². The van der Waals surface area contributed by atoms with Crippen molar-refractivity contribution in [2.24, 2.45) is 5.92 Å². The fourth-order valence-electron chi connectivity index (χ4n) is 1.83. The Morgan fingerprint density at radius 3 is 2.83 bits per heavy atom. The second kappa shape index (κ2) is 4.62. The molecule has 0 bridgehead atoms. The number of carboxylic acid groups (broad SMARTS) is 1. The van der Waals surface area contributed by atoms with Gasteiger partial charge in [-0.1, -0.05) is 0 Å². The van der Waals surface area contributed by atoms with Crippen molar-refractivity contribution in [3.8, 4) is 0 Å². The molecule has 1 atom stereocenters. The quantitative estimate of drug-likeness (QED) is 0.857. The van der Waals surface area contributed by atoms with Gasteiger partial charge in [0, 0.05) is 19.3 Å². The third kappa shape index (κ3) is 2.21. The third-order valence-corrected chi connectivity index (χ3v) is 4.61.